The fraction of sp³-hybridized carbons (Fsp3) is 0.682. The van der Waals surface area contributed by atoms with Crippen LogP contribution >= 0.6 is 0 Å². The highest BCUT2D eigenvalue weighted by Crippen LogP contribution is 2.28. The molecule has 0 radical (unpaired) electrons. The van der Waals surface area contributed by atoms with E-state index < -0.39 is 0 Å². The van der Waals surface area contributed by atoms with Gasteiger partial charge in [-0.15, -0.1) is 0 Å². The van der Waals surface area contributed by atoms with Crippen LogP contribution in [-0.4, -0.2) is 25.1 Å². The zero-order chi connectivity index (χ0) is 19.8. The first-order valence-corrected chi connectivity index (χ1v) is 9.56. The van der Waals surface area contributed by atoms with Gasteiger partial charge in [0.2, 0.25) is 0 Å². The van der Waals surface area contributed by atoms with E-state index >= 15 is 0 Å². The maximum atomic E-state index is 12.3. The van der Waals surface area contributed by atoms with Gasteiger partial charge in [0.25, 0.3) is 0 Å². The van der Waals surface area contributed by atoms with E-state index in [9.17, 15) is 4.79 Å². The predicted molar refractivity (Wildman–Crippen MR) is 106 cm³/mol. The van der Waals surface area contributed by atoms with Crippen LogP contribution in [0.1, 0.15) is 72.8 Å². The number of hydrogen-bond donors (Lipinski definition) is 0. The molecule has 0 atom stereocenters. The highest BCUT2D eigenvalue weighted by molar-refractivity contribution is 5.83. The van der Waals surface area contributed by atoms with Crippen LogP contribution in [0.4, 0.5) is 0 Å². The number of hydrogen-bond acceptors (Lipinski definition) is 4. The van der Waals surface area contributed by atoms with Crippen molar-refractivity contribution < 1.29 is 19.0 Å². The molecule has 1 aromatic carbocycles. The molecule has 4 heteroatoms. The highest BCUT2D eigenvalue weighted by atomic mass is 16.5. The summed E-state index contributed by atoms with van der Waals surface area (Å²) < 4.78 is 17.1. The predicted octanol–water partition coefficient (Wildman–Crippen LogP) is 5.56. The van der Waals surface area contributed by atoms with Crippen LogP contribution in [0, 0.1) is 5.41 Å². The molecule has 0 amide bonds. The molecule has 0 aliphatic heterocycles. The third-order valence-electron chi connectivity index (χ3n) is 4.37. The van der Waals surface area contributed by atoms with Crippen LogP contribution in [-0.2, 0) is 16.1 Å². The normalized spacial score (nSPS) is 12.1. The van der Waals surface area contributed by atoms with Gasteiger partial charge in [-0.3, -0.25) is 4.79 Å². The fourth-order valence-corrected chi connectivity index (χ4v) is 2.75. The SMILES string of the molecule is CCCC(C)(C)C(=O)CCCOc1ccc(COC(C)(C)C)c(OC)c1. The van der Waals surface area contributed by atoms with Gasteiger partial charge in [-0.1, -0.05) is 27.2 Å². The number of carbonyl (C=O) groups is 1. The molecule has 0 aromatic heterocycles. The fourth-order valence-electron chi connectivity index (χ4n) is 2.75. The smallest absolute Gasteiger partial charge is 0.138 e. The van der Waals surface area contributed by atoms with Crippen molar-refractivity contribution in [3.63, 3.8) is 0 Å². The molecule has 0 aliphatic rings. The number of ketones is 1. The van der Waals surface area contributed by atoms with E-state index in [0.29, 0.717) is 25.4 Å². The molecule has 4 nitrogen and oxygen atoms in total. The lowest BCUT2D eigenvalue weighted by molar-refractivity contribution is -0.127. The summed E-state index contributed by atoms with van der Waals surface area (Å²) in [5.74, 6) is 1.82. The van der Waals surface area contributed by atoms with Crippen LogP contribution in [0.15, 0.2) is 18.2 Å². The molecule has 26 heavy (non-hydrogen) atoms. The summed E-state index contributed by atoms with van der Waals surface area (Å²) in [4.78, 5) is 12.3. The highest BCUT2D eigenvalue weighted by Gasteiger charge is 2.25. The molecule has 0 heterocycles. The van der Waals surface area contributed by atoms with Gasteiger partial charge in [0, 0.05) is 23.5 Å². The van der Waals surface area contributed by atoms with Crippen LogP contribution in [0.2, 0.25) is 0 Å². The minimum atomic E-state index is -0.229. The molecule has 0 saturated heterocycles. The first-order chi connectivity index (χ1) is 12.1. The van der Waals surface area contributed by atoms with E-state index in [0.717, 1.165) is 36.3 Å². The molecule has 148 valence electrons. The van der Waals surface area contributed by atoms with E-state index in [2.05, 4.69) is 6.92 Å². The molecule has 0 N–H and O–H groups in total. The summed E-state index contributed by atoms with van der Waals surface area (Å²) >= 11 is 0. The van der Waals surface area contributed by atoms with E-state index in [1.807, 2.05) is 52.8 Å². The molecule has 0 bridgehead atoms. The van der Waals surface area contributed by atoms with Crippen molar-refractivity contribution in [2.24, 2.45) is 5.41 Å². The lowest BCUT2D eigenvalue weighted by atomic mass is 9.82. The minimum Gasteiger partial charge on any atom is -0.496 e. The molecule has 0 fully saturated rings. The second kappa shape index (κ2) is 9.96. The van der Waals surface area contributed by atoms with Crippen molar-refractivity contribution in [1.29, 1.82) is 0 Å². The van der Waals surface area contributed by atoms with Gasteiger partial charge < -0.3 is 14.2 Å². The molecule has 0 spiro atoms. The van der Waals surface area contributed by atoms with Crippen LogP contribution < -0.4 is 9.47 Å². The Morgan fingerprint density at radius 2 is 1.81 bits per heavy atom. The Hall–Kier alpha value is -1.55. The van der Waals surface area contributed by atoms with Crippen molar-refractivity contribution in [3.8, 4) is 11.5 Å². The van der Waals surface area contributed by atoms with Crippen molar-refractivity contribution in [2.75, 3.05) is 13.7 Å². The monoisotopic (exact) mass is 364 g/mol. The maximum Gasteiger partial charge on any atom is 0.138 e. The molecule has 0 saturated carbocycles. The number of carbonyl (C=O) groups excluding carboxylic acids is 1. The van der Waals surface area contributed by atoms with Gasteiger partial charge in [-0.05, 0) is 45.7 Å². The van der Waals surface area contributed by atoms with Crippen molar-refractivity contribution in [2.45, 2.75) is 79.4 Å². The third kappa shape index (κ3) is 7.77. The first-order valence-electron chi connectivity index (χ1n) is 9.56. The van der Waals surface area contributed by atoms with Gasteiger partial charge >= 0.3 is 0 Å². The largest absolute Gasteiger partial charge is 0.496 e. The number of benzene rings is 1. The van der Waals surface area contributed by atoms with Gasteiger partial charge in [0.05, 0.1) is 25.9 Å². The maximum absolute atomic E-state index is 12.3. The molecule has 1 rings (SSSR count). The average molecular weight is 365 g/mol. The summed E-state index contributed by atoms with van der Waals surface area (Å²) in [5.41, 5.74) is 0.566. The van der Waals surface area contributed by atoms with Gasteiger partial charge in [-0.2, -0.15) is 0 Å². The Labute approximate surface area is 159 Å². The lowest BCUT2D eigenvalue weighted by Crippen LogP contribution is -2.24. The van der Waals surface area contributed by atoms with E-state index in [1.165, 1.54) is 0 Å². The molecule has 0 unspecified atom stereocenters. The Morgan fingerprint density at radius 3 is 2.38 bits per heavy atom. The van der Waals surface area contributed by atoms with Crippen LogP contribution in [0.3, 0.4) is 0 Å². The van der Waals surface area contributed by atoms with E-state index in [1.54, 1.807) is 7.11 Å². The van der Waals surface area contributed by atoms with Crippen molar-refractivity contribution in [1.82, 2.24) is 0 Å². The summed E-state index contributed by atoms with van der Waals surface area (Å²) in [6.45, 7) is 13.3. The van der Waals surface area contributed by atoms with Crippen LogP contribution in [0.5, 0.6) is 11.5 Å². The number of methoxy groups -OCH3 is 1. The quantitative estimate of drug-likeness (QED) is 0.482. The van der Waals surface area contributed by atoms with E-state index in [4.69, 9.17) is 14.2 Å². The average Bonchev–Trinajstić information content (AvgIpc) is 2.56. The zero-order valence-electron chi connectivity index (χ0n) is 17.6. The lowest BCUT2D eigenvalue weighted by Gasteiger charge is -2.22. The van der Waals surface area contributed by atoms with Crippen molar-refractivity contribution in [3.05, 3.63) is 23.8 Å². The van der Waals surface area contributed by atoms with E-state index in [-0.39, 0.29) is 11.0 Å². The topological polar surface area (TPSA) is 44.8 Å². The minimum absolute atomic E-state index is 0.196. The number of rotatable bonds is 11. The molecular weight excluding hydrogens is 328 g/mol. The Balaban J connectivity index is 2.52. The Bertz CT molecular complexity index is 570. The second-order valence-corrected chi connectivity index (χ2v) is 8.38. The molecule has 0 aliphatic carbocycles. The standard InChI is InChI=1S/C22H36O4/c1-8-13-22(5,6)20(23)10-9-14-25-18-12-11-17(19(15-18)24-7)16-26-21(2,3)4/h11-12,15H,8-10,13-14,16H2,1-7H3. The summed E-state index contributed by atoms with van der Waals surface area (Å²) in [5, 5.41) is 0. The summed E-state index contributed by atoms with van der Waals surface area (Å²) in [6.07, 6.45) is 3.24. The van der Waals surface area contributed by atoms with Gasteiger partial charge in [-0.25, -0.2) is 0 Å². The Kier molecular flexibility index (Phi) is 8.61. The zero-order valence-corrected chi connectivity index (χ0v) is 17.6. The summed E-state index contributed by atoms with van der Waals surface area (Å²) in [6, 6.07) is 5.77. The Morgan fingerprint density at radius 1 is 1.12 bits per heavy atom. The number of Topliss-reactive ketones (excluding diaryl/α,β-unsaturated/α-hetero) is 1. The van der Waals surface area contributed by atoms with Crippen molar-refractivity contribution >= 4 is 5.78 Å². The molecular formula is C22H36O4. The van der Waals surface area contributed by atoms with Crippen LogP contribution in [0.25, 0.3) is 0 Å². The first kappa shape index (κ1) is 22.5. The number of ether oxygens (including phenoxy) is 3. The summed E-state index contributed by atoms with van der Waals surface area (Å²) in [7, 11) is 1.65. The van der Waals surface area contributed by atoms with Gasteiger partial charge in [0.1, 0.15) is 17.3 Å². The second-order valence-electron chi connectivity index (χ2n) is 8.38. The molecule has 1 aromatic rings. The third-order valence-corrected chi connectivity index (χ3v) is 4.37. The van der Waals surface area contributed by atoms with Gasteiger partial charge in [0.15, 0.2) is 0 Å².